The van der Waals surface area contributed by atoms with E-state index >= 15 is 0 Å². The first-order valence-corrected chi connectivity index (χ1v) is 6.65. The summed E-state index contributed by atoms with van der Waals surface area (Å²) in [6, 6.07) is 10.9. The van der Waals surface area contributed by atoms with Gasteiger partial charge in [0.1, 0.15) is 0 Å². The minimum absolute atomic E-state index is 0.125. The van der Waals surface area contributed by atoms with Gasteiger partial charge in [0, 0.05) is 12.6 Å². The van der Waals surface area contributed by atoms with Gasteiger partial charge in [-0.2, -0.15) is 0 Å². The second-order valence-electron chi connectivity index (χ2n) is 4.43. The highest BCUT2D eigenvalue weighted by molar-refractivity contribution is 5.69. The van der Waals surface area contributed by atoms with Crippen LogP contribution in [0, 0.1) is 0 Å². The molecule has 3 heteroatoms. The van der Waals surface area contributed by atoms with Crippen molar-refractivity contribution in [3.8, 4) is 0 Å². The molecule has 3 nitrogen and oxygen atoms in total. The van der Waals surface area contributed by atoms with Crippen LogP contribution in [0.2, 0.25) is 0 Å². The fraction of sp³-hybridized carbons (Fsp3) is 0.533. The Morgan fingerprint density at radius 1 is 1.33 bits per heavy atom. The van der Waals surface area contributed by atoms with Crippen molar-refractivity contribution in [1.29, 1.82) is 0 Å². The summed E-state index contributed by atoms with van der Waals surface area (Å²) in [7, 11) is 0. The van der Waals surface area contributed by atoms with E-state index in [-0.39, 0.29) is 5.97 Å². The van der Waals surface area contributed by atoms with Crippen LogP contribution in [-0.2, 0) is 16.0 Å². The average Bonchev–Trinajstić information content (AvgIpc) is 2.38. The summed E-state index contributed by atoms with van der Waals surface area (Å²) in [5.74, 6) is -0.125. The molecule has 0 aliphatic heterocycles. The van der Waals surface area contributed by atoms with Gasteiger partial charge in [0.15, 0.2) is 0 Å². The van der Waals surface area contributed by atoms with Gasteiger partial charge in [-0.3, -0.25) is 4.79 Å². The van der Waals surface area contributed by atoms with Crippen molar-refractivity contribution in [1.82, 2.24) is 5.32 Å². The van der Waals surface area contributed by atoms with Gasteiger partial charge in [0.05, 0.1) is 13.0 Å². The summed E-state index contributed by atoms with van der Waals surface area (Å²) in [5.41, 5.74) is 1.36. The van der Waals surface area contributed by atoms with E-state index in [1.807, 2.05) is 13.0 Å². The molecule has 0 aliphatic rings. The molecule has 0 radical (unpaired) electrons. The molecular formula is C15H23NO2. The maximum absolute atomic E-state index is 11.1. The SMILES string of the molecule is CCOC(=O)CCNC(C)CCc1ccccc1. The van der Waals surface area contributed by atoms with Gasteiger partial charge < -0.3 is 10.1 Å². The Balaban J connectivity index is 2.11. The second-order valence-corrected chi connectivity index (χ2v) is 4.43. The highest BCUT2D eigenvalue weighted by Crippen LogP contribution is 2.04. The lowest BCUT2D eigenvalue weighted by atomic mass is 10.1. The lowest BCUT2D eigenvalue weighted by molar-refractivity contribution is -0.142. The molecule has 0 aromatic heterocycles. The monoisotopic (exact) mass is 249 g/mol. The van der Waals surface area contributed by atoms with Crippen LogP contribution in [0.4, 0.5) is 0 Å². The van der Waals surface area contributed by atoms with E-state index in [0.717, 1.165) is 12.8 Å². The highest BCUT2D eigenvalue weighted by Gasteiger charge is 2.04. The van der Waals surface area contributed by atoms with Crippen molar-refractivity contribution in [3.05, 3.63) is 35.9 Å². The zero-order chi connectivity index (χ0) is 13.2. The fourth-order valence-electron chi connectivity index (χ4n) is 1.78. The van der Waals surface area contributed by atoms with E-state index in [0.29, 0.717) is 25.6 Å². The number of aryl methyl sites for hydroxylation is 1. The number of nitrogens with one attached hydrogen (secondary N) is 1. The van der Waals surface area contributed by atoms with E-state index in [9.17, 15) is 4.79 Å². The van der Waals surface area contributed by atoms with Gasteiger partial charge in [0.25, 0.3) is 0 Å². The van der Waals surface area contributed by atoms with Crippen molar-refractivity contribution >= 4 is 5.97 Å². The largest absolute Gasteiger partial charge is 0.466 e. The molecule has 1 unspecified atom stereocenters. The van der Waals surface area contributed by atoms with Gasteiger partial charge in [-0.05, 0) is 32.3 Å². The van der Waals surface area contributed by atoms with Crippen LogP contribution in [0.1, 0.15) is 32.3 Å². The van der Waals surface area contributed by atoms with E-state index in [4.69, 9.17) is 4.74 Å². The van der Waals surface area contributed by atoms with E-state index in [1.54, 1.807) is 0 Å². The van der Waals surface area contributed by atoms with Crippen LogP contribution in [0.25, 0.3) is 0 Å². The summed E-state index contributed by atoms with van der Waals surface area (Å²) in [6.45, 7) is 5.12. The van der Waals surface area contributed by atoms with Gasteiger partial charge in [0.2, 0.25) is 0 Å². The standard InChI is InChI=1S/C15H23NO2/c1-3-18-15(17)11-12-16-13(2)9-10-14-7-5-4-6-8-14/h4-8,13,16H,3,9-12H2,1-2H3. The van der Waals surface area contributed by atoms with Crippen molar-refractivity contribution in [3.63, 3.8) is 0 Å². The van der Waals surface area contributed by atoms with E-state index in [2.05, 4.69) is 36.5 Å². The van der Waals surface area contributed by atoms with Crippen molar-refractivity contribution in [2.75, 3.05) is 13.2 Å². The smallest absolute Gasteiger partial charge is 0.307 e. The first-order chi connectivity index (χ1) is 8.72. The maximum Gasteiger partial charge on any atom is 0.307 e. The zero-order valence-electron chi connectivity index (χ0n) is 11.3. The molecule has 0 saturated carbocycles. The normalized spacial score (nSPS) is 12.1. The Hall–Kier alpha value is -1.35. The molecule has 0 heterocycles. The van der Waals surface area contributed by atoms with Gasteiger partial charge in [-0.25, -0.2) is 0 Å². The molecule has 0 bridgehead atoms. The van der Waals surface area contributed by atoms with Crippen molar-refractivity contribution < 1.29 is 9.53 Å². The van der Waals surface area contributed by atoms with Crippen LogP contribution in [0.5, 0.6) is 0 Å². The molecule has 100 valence electrons. The molecule has 0 aliphatic carbocycles. The predicted molar refractivity (Wildman–Crippen MR) is 73.5 cm³/mol. The summed E-state index contributed by atoms with van der Waals surface area (Å²) >= 11 is 0. The second kappa shape index (κ2) is 8.70. The Morgan fingerprint density at radius 3 is 2.72 bits per heavy atom. The molecule has 18 heavy (non-hydrogen) atoms. The predicted octanol–water partition coefficient (Wildman–Crippen LogP) is 2.55. The first kappa shape index (κ1) is 14.7. The van der Waals surface area contributed by atoms with Crippen LogP contribution < -0.4 is 5.32 Å². The number of esters is 1. The number of hydrogen-bond acceptors (Lipinski definition) is 3. The van der Waals surface area contributed by atoms with Crippen LogP contribution in [0.15, 0.2) is 30.3 Å². The molecule has 1 atom stereocenters. The number of benzene rings is 1. The lowest BCUT2D eigenvalue weighted by Gasteiger charge is -2.13. The molecule has 0 saturated heterocycles. The minimum atomic E-state index is -0.125. The molecule has 1 N–H and O–H groups in total. The fourth-order valence-corrected chi connectivity index (χ4v) is 1.78. The van der Waals surface area contributed by atoms with Crippen molar-refractivity contribution in [2.24, 2.45) is 0 Å². The Morgan fingerprint density at radius 2 is 2.06 bits per heavy atom. The molecule has 0 fully saturated rings. The molecule has 0 spiro atoms. The van der Waals surface area contributed by atoms with Crippen LogP contribution >= 0.6 is 0 Å². The molecular weight excluding hydrogens is 226 g/mol. The summed E-state index contributed by atoms with van der Waals surface area (Å²) in [5, 5.41) is 3.34. The van der Waals surface area contributed by atoms with Gasteiger partial charge in [-0.1, -0.05) is 30.3 Å². The molecule has 1 aromatic carbocycles. The Bertz CT molecular complexity index is 338. The number of rotatable bonds is 8. The van der Waals surface area contributed by atoms with E-state index in [1.165, 1.54) is 5.56 Å². The lowest BCUT2D eigenvalue weighted by Crippen LogP contribution is -2.29. The molecule has 0 amide bonds. The first-order valence-electron chi connectivity index (χ1n) is 6.65. The number of carbonyl (C=O) groups is 1. The van der Waals surface area contributed by atoms with Crippen LogP contribution in [0.3, 0.4) is 0 Å². The Labute approximate surface area is 110 Å². The Kier molecular flexibility index (Phi) is 7.11. The topological polar surface area (TPSA) is 38.3 Å². The zero-order valence-corrected chi connectivity index (χ0v) is 11.3. The van der Waals surface area contributed by atoms with E-state index < -0.39 is 0 Å². The van der Waals surface area contributed by atoms with Crippen LogP contribution in [-0.4, -0.2) is 25.2 Å². The summed E-state index contributed by atoms with van der Waals surface area (Å²) in [6.07, 6.45) is 2.59. The molecule has 1 aromatic rings. The third-order valence-electron chi connectivity index (χ3n) is 2.84. The molecule has 1 rings (SSSR count). The number of carbonyl (C=O) groups excluding carboxylic acids is 1. The van der Waals surface area contributed by atoms with Crippen molar-refractivity contribution in [2.45, 2.75) is 39.2 Å². The highest BCUT2D eigenvalue weighted by atomic mass is 16.5. The quantitative estimate of drug-likeness (QED) is 0.720. The third kappa shape index (κ3) is 6.40. The summed E-state index contributed by atoms with van der Waals surface area (Å²) in [4.78, 5) is 11.1. The average molecular weight is 249 g/mol. The maximum atomic E-state index is 11.1. The summed E-state index contributed by atoms with van der Waals surface area (Å²) < 4.78 is 4.87. The minimum Gasteiger partial charge on any atom is -0.466 e. The number of ether oxygens (including phenoxy) is 1. The van der Waals surface area contributed by atoms with Gasteiger partial charge >= 0.3 is 5.97 Å². The van der Waals surface area contributed by atoms with Gasteiger partial charge in [-0.15, -0.1) is 0 Å². The number of hydrogen-bond donors (Lipinski definition) is 1. The third-order valence-corrected chi connectivity index (χ3v) is 2.84.